The molecule has 0 saturated heterocycles. The molecular formula is C15H22ClN5O2S. The van der Waals surface area contributed by atoms with Gasteiger partial charge in [0.25, 0.3) is 0 Å². The van der Waals surface area contributed by atoms with E-state index in [1.165, 1.54) is 4.68 Å². The summed E-state index contributed by atoms with van der Waals surface area (Å²) in [5, 5.41) is 4.12. The summed E-state index contributed by atoms with van der Waals surface area (Å²) in [4.78, 5) is 6.51. The Kier molecular flexibility index (Phi) is 5.84. The number of hydrogen-bond donors (Lipinski definition) is 1. The van der Waals surface area contributed by atoms with Crippen LogP contribution in [0.25, 0.3) is 0 Å². The second-order valence-corrected chi connectivity index (χ2v) is 7.41. The molecule has 0 unspecified atom stereocenters. The minimum Gasteiger partial charge on any atom is -0.357 e. The third-order valence-corrected chi connectivity index (χ3v) is 5.83. The minimum atomic E-state index is -3.74. The van der Waals surface area contributed by atoms with Gasteiger partial charge in [0.1, 0.15) is 15.9 Å². The van der Waals surface area contributed by atoms with Gasteiger partial charge in [-0.2, -0.15) is 5.10 Å². The van der Waals surface area contributed by atoms with Gasteiger partial charge in [0.2, 0.25) is 10.0 Å². The number of halogens is 1. The maximum absolute atomic E-state index is 12.5. The molecule has 2 aromatic rings. The highest BCUT2D eigenvalue weighted by Crippen LogP contribution is 2.24. The minimum absolute atomic E-state index is 0.0133. The smallest absolute Gasteiger partial charge is 0.245 e. The van der Waals surface area contributed by atoms with Crippen LogP contribution in [0, 0.1) is 6.92 Å². The monoisotopic (exact) mass is 371 g/mol. The SMILES string of the molecule is CCN(CC)c1ccc(CNS(=O)(=O)c2c(C)nn(C)c2Cl)cn1. The number of sulfonamides is 1. The van der Waals surface area contributed by atoms with Crippen LogP contribution in [0.1, 0.15) is 25.1 Å². The van der Waals surface area contributed by atoms with Crippen LogP contribution in [0.4, 0.5) is 5.82 Å². The van der Waals surface area contributed by atoms with Gasteiger partial charge in [-0.15, -0.1) is 0 Å². The zero-order valence-electron chi connectivity index (χ0n) is 14.2. The zero-order chi connectivity index (χ0) is 17.9. The van der Waals surface area contributed by atoms with Crippen LogP contribution < -0.4 is 9.62 Å². The average molecular weight is 372 g/mol. The van der Waals surface area contributed by atoms with E-state index < -0.39 is 10.0 Å². The van der Waals surface area contributed by atoms with Crippen molar-refractivity contribution in [2.24, 2.45) is 7.05 Å². The fraction of sp³-hybridized carbons (Fsp3) is 0.467. The Hall–Kier alpha value is -1.64. The molecule has 0 aliphatic rings. The summed E-state index contributed by atoms with van der Waals surface area (Å²) in [5.74, 6) is 0.873. The van der Waals surface area contributed by atoms with Crippen LogP contribution in [0.5, 0.6) is 0 Å². The quantitative estimate of drug-likeness (QED) is 0.806. The molecule has 0 fully saturated rings. The number of pyridine rings is 1. The molecule has 0 spiro atoms. The van der Waals surface area contributed by atoms with E-state index in [4.69, 9.17) is 11.6 Å². The lowest BCUT2D eigenvalue weighted by atomic mass is 10.3. The number of rotatable bonds is 7. The van der Waals surface area contributed by atoms with Crippen molar-refractivity contribution in [1.82, 2.24) is 19.5 Å². The highest BCUT2D eigenvalue weighted by atomic mass is 35.5. The van der Waals surface area contributed by atoms with E-state index in [1.807, 2.05) is 12.1 Å². The lowest BCUT2D eigenvalue weighted by Gasteiger charge is -2.19. The summed E-state index contributed by atoms with van der Waals surface area (Å²) in [6.45, 7) is 7.61. The zero-order valence-corrected chi connectivity index (χ0v) is 15.8. The van der Waals surface area contributed by atoms with Crippen LogP contribution >= 0.6 is 11.6 Å². The first-order valence-electron chi connectivity index (χ1n) is 7.68. The number of hydrogen-bond acceptors (Lipinski definition) is 5. The van der Waals surface area contributed by atoms with Crippen molar-refractivity contribution in [2.75, 3.05) is 18.0 Å². The summed E-state index contributed by atoms with van der Waals surface area (Å²) in [6.07, 6.45) is 1.67. The number of aryl methyl sites for hydroxylation is 2. The van der Waals surface area contributed by atoms with E-state index in [2.05, 4.69) is 33.6 Å². The Balaban J connectivity index is 2.12. The molecule has 7 nitrogen and oxygen atoms in total. The summed E-state index contributed by atoms with van der Waals surface area (Å²) in [6, 6.07) is 3.75. The van der Waals surface area contributed by atoms with Crippen molar-refractivity contribution in [3.05, 3.63) is 34.7 Å². The first-order chi connectivity index (χ1) is 11.3. The molecular weight excluding hydrogens is 350 g/mol. The molecule has 1 N–H and O–H groups in total. The second kappa shape index (κ2) is 7.50. The standard InChI is InChI=1S/C15H22ClN5O2S/c1-5-21(6-2)13-8-7-12(9-17-13)10-18-24(22,23)14-11(3)19-20(4)15(14)16/h7-9,18H,5-6,10H2,1-4H3. The predicted molar refractivity (Wildman–Crippen MR) is 94.8 cm³/mol. The van der Waals surface area contributed by atoms with Crippen LogP contribution in [0.3, 0.4) is 0 Å². The van der Waals surface area contributed by atoms with E-state index in [9.17, 15) is 8.42 Å². The van der Waals surface area contributed by atoms with Gasteiger partial charge in [0.05, 0.1) is 5.69 Å². The molecule has 0 bridgehead atoms. The fourth-order valence-corrected chi connectivity index (χ4v) is 4.19. The molecule has 24 heavy (non-hydrogen) atoms. The number of nitrogens with zero attached hydrogens (tertiary/aromatic N) is 4. The Morgan fingerprint density at radius 2 is 1.96 bits per heavy atom. The first kappa shape index (κ1) is 18.7. The first-order valence-corrected chi connectivity index (χ1v) is 9.54. The van der Waals surface area contributed by atoms with E-state index in [0.717, 1.165) is 24.5 Å². The fourth-order valence-electron chi connectivity index (χ4n) is 2.42. The molecule has 0 amide bonds. The van der Waals surface area contributed by atoms with Gasteiger partial charge >= 0.3 is 0 Å². The second-order valence-electron chi connectivity index (χ2n) is 5.35. The van der Waals surface area contributed by atoms with Gasteiger partial charge in [0, 0.05) is 32.9 Å². The normalized spacial score (nSPS) is 11.7. The maximum atomic E-state index is 12.5. The molecule has 132 valence electrons. The average Bonchev–Trinajstić information content (AvgIpc) is 2.81. The van der Waals surface area contributed by atoms with E-state index in [-0.39, 0.29) is 16.6 Å². The third-order valence-electron chi connectivity index (χ3n) is 3.73. The predicted octanol–water partition coefficient (Wildman–Crippen LogP) is 2.10. The van der Waals surface area contributed by atoms with Crippen LogP contribution in [-0.4, -0.2) is 36.3 Å². The van der Waals surface area contributed by atoms with Crippen LogP contribution in [0.2, 0.25) is 5.15 Å². The number of nitrogens with one attached hydrogen (secondary N) is 1. The molecule has 9 heteroatoms. The summed E-state index contributed by atoms with van der Waals surface area (Å²) in [7, 11) is -2.14. The lowest BCUT2D eigenvalue weighted by Crippen LogP contribution is -2.25. The van der Waals surface area contributed by atoms with Crippen molar-refractivity contribution < 1.29 is 8.42 Å². The Morgan fingerprint density at radius 1 is 1.29 bits per heavy atom. The highest BCUT2D eigenvalue weighted by Gasteiger charge is 2.24. The Labute approximate surface area is 147 Å². The lowest BCUT2D eigenvalue weighted by molar-refractivity contribution is 0.580. The van der Waals surface area contributed by atoms with Crippen molar-refractivity contribution >= 4 is 27.4 Å². The largest absolute Gasteiger partial charge is 0.357 e. The molecule has 2 heterocycles. The molecule has 0 aliphatic carbocycles. The van der Waals surface area contributed by atoms with Gasteiger partial charge in [-0.25, -0.2) is 18.1 Å². The van der Waals surface area contributed by atoms with E-state index in [1.54, 1.807) is 20.2 Å². The Bertz CT molecular complexity index is 798. The molecule has 0 atom stereocenters. The third kappa shape index (κ3) is 3.88. The molecule has 0 saturated carbocycles. The molecule has 0 aromatic carbocycles. The van der Waals surface area contributed by atoms with Gasteiger partial charge in [0.15, 0.2) is 0 Å². The van der Waals surface area contributed by atoms with Crippen molar-refractivity contribution in [2.45, 2.75) is 32.2 Å². The summed E-state index contributed by atoms with van der Waals surface area (Å²) in [5.41, 5.74) is 1.14. The van der Waals surface area contributed by atoms with E-state index >= 15 is 0 Å². The highest BCUT2D eigenvalue weighted by molar-refractivity contribution is 7.89. The number of anilines is 1. The van der Waals surface area contributed by atoms with Crippen molar-refractivity contribution in [3.63, 3.8) is 0 Å². The van der Waals surface area contributed by atoms with Crippen LogP contribution in [0.15, 0.2) is 23.2 Å². The van der Waals surface area contributed by atoms with Gasteiger partial charge < -0.3 is 4.90 Å². The van der Waals surface area contributed by atoms with Gasteiger partial charge in [-0.3, -0.25) is 4.68 Å². The van der Waals surface area contributed by atoms with Crippen molar-refractivity contribution in [1.29, 1.82) is 0 Å². The molecule has 0 radical (unpaired) electrons. The van der Waals surface area contributed by atoms with Crippen LogP contribution in [-0.2, 0) is 23.6 Å². The summed E-state index contributed by atoms with van der Waals surface area (Å²) < 4.78 is 28.8. The van der Waals surface area contributed by atoms with Gasteiger partial charge in [-0.1, -0.05) is 17.7 Å². The topological polar surface area (TPSA) is 80.1 Å². The van der Waals surface area contributed by atoms with Crippen molar-refractivity contribution in [3.8, 4) is 0 Å². The summed E-state index contributed by atoms with van der Waals surface area (Å²) >= 11 is 6.03. The maximum Gasteiger partial charge on any atom is 0.245 e. The van der Waals surface area contributed by atoms with E-state index in [0.29, 0.717) is 5.69 Å². The number of aromatic nitrogens is 3. The molecule has 0 aliphatic heterocycles. The molecule has 2 aromatic heterocycles. The Morgan fingerprint density at radius 3 is 2.42 bits per heavy atom. The molecule has 2 rings (SSSR count). The van der Waals surface area contributed by atoms with Gasteiger partial charge in [-0.05, 0) is 32.4 Å².